The molecule has 0 aliphatic carbocycles. The molecule has 4 heteroatoms. The molecular formula is C20H25NO2S. The first-order valence-electron chi connectivity index (χ1n) is 8.34. The molecule has 3 nitrogen and oxygen atoms in total. The third-order valence-electron chi connectivity index (χ3n) is 3.81. The van der Waals surface area contributed by atoms with E-state index in [2.05, 4.69) is 12.2 Å². The molecule has 2 N–H and O–H groups in total. The Morgan fingerprint density at radius 1 is 1.17 bits per heavy atom. The molecule has 0 aliphatic rings. The number of rotatable bonds is 8. The predicted molar refractivity (Wildman–Crippen MR) is 101 cm³/mol. The highest BCUT2D eigenvalue weighted by Gasteiger charge is 2.16. The van der Waals surface area contributed by atoms with Crippen LogP contribution in [-0.2, 0) is 0 Å². The number of carbonyl (C=O) groups excluding carboxylic acids is 1. The van der Waals surface area contributed by atoms with Gasteiger partial charge in [0.25, 0.3) is 5.91 Å². The van der Waals surface area contributed by atoms with Gasteiger partial charge in [0.15, 0.2) is 0 Å². The Kier molecular flexibility index (Phi) is 7.35. The van der Waals surface area contributed by atoms with Gasteiger partial charge in [-0.15, -0.1) is 11.8 Å². The first-order chi connectivity index (χ1) is 11.6. The van der Waals surface area contributed by atoms with Crippen molar-refractivity contribution in [2.45, 2.75) is 37.2 Å². The van der Waals surface area contributed by atoms with Crippen LogP contribution >= 0.6 is 11.8 Å². The number of hydrogen-bond acceptors (Lipinski definition) is 3. The molecule has 24 heavy (non-hydrogen) atoms. The number of benzene rings is 2. The number of aliphatic hydroxyl groups is 1. The minimum Gasteiger partial charge on any atom is -0.393 e. The molecule has 1 amide bonds. The van der Waals surface area contributed by atoms with Gasteiger partial charge in [-0.1, -0.05) is 43.3 Å². The lowest BCUT2D eigenvalue weighted by molar-refractivity contribution is 0.0945. The Balaban J connectivity index is 2.03. The molecule has 2 aromatic rings. The van der Waals surface area contributed by atoms with E-state index < -0.39 is 6.10 Å². The van der Waals surface area contributed by atoms with Crippen molar-refractivity contribution in [2.24, 2.45) is 0 Å². The second-order valence-corrected chi connectivity index (χ2v) is 7.20. The largest absolute Gasteiger partial charge is 0.393 e. The van der Waals surface area contributed by atoms with Crippen molar-refractivity contribution in [2.75, 3.05) is 12.3 Å². The summed E-state index contributed by atoms with van der Waals surface area (Å²) in [5.74, 6) is 1.01. The number of aliphatic hydroxyl groups excluding tert-OH is 1. The van der Waals surface area contributed by atoms with Crippen molar-refractivity contribution in [3.63, 3.8) is 0 Å². The second kappa shape index (κ2) is 9.50. The van der Waals surface area contributed by atoms with Gasteiger partial charge in [-0.3, -0.25) is 4.79 Å². The summed E-state index contributed by atoms with van der Waals surface area (Å²) in [4.78, 5) is 13.5. The maximum atomic E-state index is 12.4. The van der Waals surface area contributed by atoms with Gasteiger partial charge in [-0.25, -0.2) is 0 Å². The van der Waals surface area contributed by atoms with E-state index in [0.717, 1.165) is 16.2 Å². The standard InChI is InChI=1S/C20H25NO2S/c1-3-24-19-11-7-10-17(13-19)20(23)21-14-18(12-15(2)22)16-8-5-4-6-9-16/h4-11,13,15,18,22H,3,12,14H2,1-2H3,(H,21,23). The molecule has 2 rings (SSSR count). The zero-order valence-corrected chi connectivity index (χ0v) is 15.1. The Hall–Kier alpha value is -1.78. The van der Waals surface area contributed by atoms with Crippen LogP contribution in [0.4, 0.5) is 0 Å². The molecule has 0 spiro atoms. The van der Waals surface area contributed by atoms with Crippen LogP contribution in [-0.4, -0.2) is 29.4 Å². The van der Waals surface area contributed by atoms with E-state index in [1.165, 1.54) is 0 Å². The van der Waals surface area contributed by atoms with Gasteiger partial charge < -0.3 is 10.4 Å². The monoisotopic (exact) mass is 343 g/mol. The highest BCUT2D eigenvalue weighted by atomic mass is 32.2. The molecule has 0 aromatic heterocycles. The van der Waals surface area contributed by atoms with E-state index in [1.807, 2.05) is 54.6 Å². The molecule has 2 unspecified atom stereocenters. The number of amides is 1. The van der Waals surface area contributed by atoms with Gasteiger partial charge in [0, 0.05) is 22.9 Å². The Bertz CT molecular complexity index is 643. The van der Waals surface area contributed by atoms with Crippen LogP contribution in [0, 0.1) is 0 Å². The second-order valence-electron chi connectivity index (χ2n) is 5.86. The van der Waals surface area contributed by atoms with Crippen molar-refractivity contribution in [1.29, 1.82) is 0 Å². The maximum Gasteiger partial charge on any atom is 0.251 e. The first kappa shape index (κ1) is 18.6. The zero-order chi connectivity index (χ0) is 17.4. The molecule has 0 saturated heterocycles. The summed E-state index contributed by atoms with van der Waals surface area (Å²) < 4.78 is 0. The molecule has 0 fully saturated rings. The third-order valence-corrected chi connectivity index (χ3v) is 4.69. The summed E-state index contributed by atoms with van der Waals surface area (Å²) in [6.45, 7) is 4.39. The van der Waals surface area contributed by atoms with E-state index in [1.54, 1.807) is 18.7 Å². The molecule has 128 valence electrons. The smallest absolute Gasteiger partial charge is 0.251 e. The molecule has 2 aromatic carbocycles. The number of hydrogen-bond donors (Lipinski definition) is 2. The number of carbonyl (C=O) groups is 1. The average molecular weight is 343 g/mol. The van der Waals surface area contributed by atoms with E-state index in [4.69, 9.17) is 0 Å². The highest BCUT2D eigenvalue weighted by Crippen LogP contribution is 2.21. The lowest BCUT2D eigenvalue weighted by Gasteiger charge is -2.19. The van der Waals surface area contributed by atoms with E-state index >= 15 is 0 Å². The molecule has 2 atom stereocenters. The quantitative estimate of drug-likeness (QED) is 0.710. The van der Waals surface area contributed by atoms with Crippen LogP contribution in [0.25, 0.3) is 0 Å². The van der Waals surface area contributed by atoms with Crippen LogP contribution in [0.3, 0.4) is 0 Å². The summed E-state index contributed by atoms with van der Waals surface area (Å²) in [6.07, 6.45) is 0.215. The van der Waals surface area contributed by atoms with Crippen molar-refractivity contribution in [3.8, 4) is 0 Å². The Morgan fingerprint density at radius 3 is 2.58 bits per heavy atom. The molecule has 0 heterocycles. The SMILES string of the molecule is CCSc1cccc(C(=O)NCC(CC(C)O)c2ccccc2)c1. The van der Waals surface area contributed by atoms with Crippen molar-refractivity contribution >= 4 is 17.7 Å². The van der Waals surface area contributed by atoms with Gasteiger partial charge in [0.2, 0.25) is 0 Å². The van der Waals surface area contributed by atoms with Gasteiger partial charge >= 0.3 is 0 Å². The lowest BCUT2D eigenvalue weighted by Crippen LogP contribution is -2.29. The third kappa shape index (κ3) is 5.69. The van der Waals surface area contributed by atoms with Crippen LogP contribution in [0.15, 0.2) is 59.5 Å². The zero-order valence-electron chi connectivity index (χ0n) is 14.2. The highest BCUT2D eigenvalue weighted by molar-refractivity contribution is 7.99. The van der Waals surface area contributed by atoms with Crippen LogP contribution in [0.1, 0.15) is 42.1 Å². The molecule has 0 saturated carbocycles. The Morgan fingerprint density at radius 2 is 1.92 bits per heavy atom. The molecule has 0 bridgehead atoms. The van der Waals surface area contributed by atoms with Gasteiger partial charge in [0.05, 0.1) is 6.10 Å². The van der Waals surface area contributed by atoms with Crippen LogP contribution in [0.2, 0.25) is 0 Å². The van der Waals surface area contributed by atoms with Crippen molar-refractivity contribution < 1.29 is 9.90 Å². The van der Waals surface area contributed by atoms with Crippen molar-refractivity contribution in [1.82, 2.24) is 5.32 Å². The minimum absolute atomic E-state index is 0.0694. The van der Waals surface area contributed by atoms with Crippen LogP contribution < -0.4 is 5.32 Å². The van der Waals surface area contributed by atoms with E-state index in [9.17, 15) is 9.90 Å². The Labute approximate surface area is 148 Å². The summed E-state index contributed by atoms with van der Waals surface area (Å²) in [7, 11) is 0. The van der Waals surface area contributed by atoms with E-state index in [0.29, 0.717) is 18.5 Å². The average Bonchev–Trinajstić information content (AvgIpc) is 2.59. The van der Waals surface area contributed by atoms with Crippen LogP contribution in [0.5, 0.6) is 0 Å². The molecule has 0 aliphatic heterocycles. The van der Waals surface area contributed by atoms with Gasteiger partial charge in [-0.2, -0.15) is 0 Å². The van der Waals surface area contributed by atoms with Gasteiger partial charge in [0.1, 0.15) is 0 Å². The fourth-order valence-electron chi connectivity index (χ4n) is 2.69. The van der Waals surface area contributed by atoms with E-state index in [-0.39, 0.29) is 11.8 Å². The topological polar surface area (TPSA) is 49.3 Å². The first-order valence-corrected chi connectivity index (χ1v) is 9.32. The number of nitrogens with one attached hydrogen (secondary N) is 1. The predicted octanol–water partition coefficient (Wildman–Crippen LogP) is 4.08. The minimum atomic E-state index is -0.406. The fraction of sp³-hybridized carbons (Fsp3) is 0.350. The fourth-order valence-corrected chi connectivity index (χ4v) is 3.40. The summed E-state index contributed by atoms with van der Waals surface area (Å²) in [5, 5.41) is 12.8. The van der Waals surface area contributed by atoms with Crippen molar-refractivity contribution in [3.05, 3.63) is 65.7 Å². The summed E-state index contributed by atoms with van der Waals surface area (Å²) in [6, 6.07) is 17.7. The maximum absolute atomic E-state index is 12.4. The summed E-state index contributed by atoms with van der Waals surface area (Å²) in [5.41, 5.74) is 1.81. The lowest BCUT2D eigenvalue weighted by atomic mass is 9.93. The number of thioether (sulfide) groups is 1. The normalized spacial score (nSPS) is 13.3. The van der Waals surface area contributed by atoms with Gasteiger partial charge in [-0.05, 0) is 42.9 Å². The summed E-state index contributed by atoms with van der Waals surface area (Å²) >= 11 is 1.72. The molecule has 0 radical (unpaired) electrons. The molecular weight excluding hydrogens is 318 g/mol.